The molecule has 5 aromatic rings. The summed E-state index contributed by atoms with van der Waals surface area (Å²) in [5, 5.41) is 0.671. The fourth-order valence-electron chi connectivity index (χ4n) is 3.35. The van der Waals surface area contributed by atoms with E-state index in [2.05, 4.69) is 0 Å². The molecule has 0 fully saturated rings. The standard InChI is InChI=1S/C20H12ClN3O2S/c1-23-16-8-11(10-25)2-7-15(16)24-19(26)18-14(22-20(23)24)9-17(27-18)12-3-5-13(21)6-4-12/h2-10H,1H3. The van der Waals surface area contributed by atoms with Crippen LogP contribution in [0, 0.1) is 0 Å². The number of aromatic nitrogens is 3. The van der Waals surface area contributed by atoms with Crippen molar-refractivity contribution in [3.63, 3.8) is 0 Å². The molecular formula is C20H12ClN3O2S. The molecule has 0 saturated carbocycles. The third kappa shape index (κ3) is 2.34. The predicted octanol–water partition coefficient (Wildman–Crippen LogP) is 4.53. The molecule has 0 spiro atoms. The van der Waals surface area contributed by atoms with E-state index in [9.17, 15) is 9.59 Å². The van der Waals surface area contributed by atoms with Crippen molar-refractivity contribution < 1.29 is 4.79 Å². The summed E-state index contributed by atoms with van der Waals surface area (Å²) in [6.45, 7) is 0. The molecule has 0 saturated heterocycles. The first-order valence-corrected chi connectivity index (χ1v) is 9.42. The maximum Gasteiger partial charge on any atom is 0.277 e. The number of hydrogen-bond donors (Lipinski definition) is 0. The van der Waals surface area contributed by atoms with Crippen molar-refractivity contribution in [3.05, 3.63) is 69.5 Å². The van der Waals surface area contributed by atoms with E-state index in [-0.39, 0.29) is 5.56 Å². The van der Waals surface area contributed by atoms with Crippen LogP contribution < -0.4 is 5.56 Å². The maximum absolute atomic E-state index is 13.2. The van der Waals surface area contributed by atoms with Crippen molar-refractivity contribution in [2.24, 2.45) is 7.05 Å². The van der Waals surface area contributed by atoms with E-state index < -0.39 is 0 Å². The van der Waals surface area contributed by atoms with Crippen LogP contribution in [0.1, 0.15) is 10.4 Å². The van der Waals surface area contributed by atoms with Crippen molar-refractivity contribution in [2.75, 3.05) is 0 Å². The molecule has 3 aromatic heterocycles. The number of aldehydes is 1. The number of fused-ring (bicyclic) bond motifs is 4. The molecule has 5 rings (SSSR count). The number of benzene rings is 2. The smallest absolute Gasteiger partial charge is 0.277 e. The zero-order valence-corrected chi connectivity index (χ0v) is 15.7. The molecule has 0 bridgehead atoms. The molecule has 0 aliphatic heterocycles. The van der Waals surface area contributed by atoms with Crippen LogP contribution in [0.2, 0.25) is 5.02 Å². The molecule has 5 nitrogen and oxygen atoms in total. The van der Waals surface area contributed by atoms with E-state index in [4.69, 9.17) is 16.6 Å². The monoisotopic (exact) mass is 393 g/mol. The van der Waals surface area contributed by atoms with Gasteiger partial charge in [0.1, 0.15) is 11.0 Å². The number of aryl methyl sites for hydroxylation is 1. The Kier molecular flexibility index (Phi) is 3.47. The minimum atomic E-state index is -0.107. The SMILES string of the molecule is Cn1c2cc(C=O)ccc2n2c(=O)c3sc(-c4ccc(Cl)cc4)cc3nc12. The van der Waals surface area contributed by atoms with Gasteiger partial charge < -0.3 is 4.57 Å². The molecule has 0 N–H and O–H groups in total. The van der Waals surface area contributed by atoms with Gasteiger partial charge in [-0.3, -0.25) is 9.59 Å². The molecule has 0 amide bonds. The number of thiophene rings is 1. The predicted molar refractivity (Wildman–Crippen MR) is 109 cm³/mol. The number of nitrogens with zero attached hydrogens (tertiary/aromatic N) is 3. The Bertz CT molecular complexity index is 1430. The van der Waals surface area contributed by atoms with E-state index in [1.807, 2.05) is 41.9 Å². The van der Waals surface area contributed by atoms with Gasteiger partial charge in [0, 0.05) is 22.5 Å². The lowest BCUT2D eigenvalue weighted by atomic mass is 10.2. The van der Waals surface area contributed by atoms with Crippen molar-refractivity contribution in [2.45, 2.75) is 0 Å². The lowest BCUT2D eigenvalue weighted by Crippen LogP contribution is -2.13. The van der Waals surface area contributed by atoms with Gasteiger partial charge in [0.2, 0.25) is 5.78 Å². The van der Waals surface area contributed by atoms with Gasteiger partial charge in [-0.15, -0.1) is 11.3 Å². The summed E-state index contributed by atoms with van der Waals surface area (Å²) < 4.78 is 4.04. The van der Waals surface area contributed by atoms with E-state index in [0.717, 1.165) is 27.8 Å². The first-order valence-electron chi connectivity index (χ1n) is 8.22. The maximum atomic E-state index is 13.2. The average molecular weight is 394 g/mol. The average Bonchev–Trinajstić information content (AvgIpc) is 3.23. The van der Waals surface area contributed by atoms with Gasteiger partial charge in [0.15, 0.2) is 0 Å². The normalized spacial score (nSPS) is 11.6. The first kappa shape index (κ1) is 16.2. The molecule has 7 heteroatoms. The molecule has 0 radical (unpaired) electrons. The molecule has 132 valence electrons. The summed E-state index contributed by atoms with van der Waals surface area (Å²) in [4.78, 5) is 30.0. The molecule has 3 heterocycles. The van der Waals surface area contributed by atoms with Gasteiger partial charge in [-0.05, 0) is 42.0 Å². The van der Waals surface area contributed by atoms with Crippen molar-refractivity contribution in [3.8, 4) is 10.4 Å². The fraction of sp³-hybridized carbons (Fsp3) is 0.0500. The number of hydrogen-bond acceptors (Lipinski definition) is 4. The Morgan fingerprint density at radius 2 is 1.85 bits per heavy atom. The highest BCUT2D eigenvalue weighted by Gasteiger charge is 2.17. The summed E-state index contributed by atoms with van der Waals surface area (Å²) in [5.74, 6) is 0.547. The molecule has 0 atom stereocenters. The van der Waals surface area contributed by atoms with Gasteiger partial charge in [-0.25, -0.2) is 9.38 Å². The van der Waals surface area contributed by atoms with Crippen LogP contribution in [-0.2, 0) is 7.05 Å². The van der Waals surface area contributed by atoms with Crippen LogP contribution in [0.4, 0.5) is 0 Å². The summed E-state index contributed by atoms with van der Waals surface area (Å²) >= 11 is 7.39. The molecule has 2 aromatic carbocycles. The topological polar surface area (TPSA) is 56.4 Å². The van der Waals surface area contributed by atoms with E-state index in [1.165, 1.54) is 11.3 Å². The second-order valence-electron chi connectivity index (χ2n) is 6.31. The van der Waals surface area contributed by atoms with Crippen molar-refractivity contribution >= 4 is 56.3 Å². The van der Waals surface area contributed by atoms with Crippen molar-refractivity contribution in [1.29, 1.82) is 0 Å². The zero-order chi connectivity index (χ0) is 18.7. The summed E-state index contributed by atoms with van der Waals surface area (Å²) in [6, 6.07) is 14.7. The van der Waals surface area contributed by atoms with Crippen molar-refractivity contribution in [1.82, 2.24) is 14.0 Å². The Balaban J connectivity index is 1.84. The minimum absolute atomic E-state index is 0.107. The Morgan fingerprint density at radius 3 is 2.59 bits per heavy atom. The van der Waals surface area contributed by atoms with Gasteiger partial charge in [0.05, 0.1) is 16.6 Å². The number of halogens is 1. The third-order valence-corrected chi connectivity index (χ3v) is 6.11. The zero-order valence-electron chi connectivity index (χ0n) is 14.1. The Hall–Kier alpha value is -2.96. The second kappa shape index (κ2) is 5.77. The van der Waals surface area contributed by atoms with Gasteiger partial charge in [-0.1, -0.05) is 23.7 Å². The van der Waals surface area contributed by atoms with Gasteiger partial charge >= 0.3 is 0 Å². The largest absolute Gasteiger partial charge is 0.313 e. The highest BCUT2D eigenvalue weighted by molar-refractivity contribution is 7.22. The van der Waals surface area contributed by atoms with Crippen LogP contribution in [0.5, 0.6) is 0 Å². The van der Waals surface area contributed by atoms with Gasteiger partial charge in [0.25, 0.3) is 5.56 Å². The molecular weight excluding hydrogens is 382 g/mol. The second-order valence-corrected chi connectivity index (χ2v) is 7.80. The summed E-state index contributed by atoms with van der Waals surface area (Å²) in [7, 11) is 1.84. The third-order valence-electron chi connectivity index (χ3n) is 4.70. The van der Waals surface area contributed by atoms with E-state index >= 15 is 0 Å². The lowest BCUT2D eigenvalue weighted by molar-refractivity contribution is 0.112. The Morgan fingerprint density at radius 1 is 1.07 bits per heavy atom. The number of carbonyl (C=O) groups is 1. The summed E-state index contributed by atoms with van der Waals surface area (Å²) in [6.07, 6.45) is 0.796. The van der Waals surface area contributed by atoms with E-state index in [1.54, 1.807) is 22.6 Å². The molecule has 0 aliphatic rings. The minimum Gasteiger partial charge on any atom is -0.313 e. The van der Waals surface area contributed by atoms with Crippen LogP contribution in [0.25, 0.3) is 37.5 Å². The highest BCUT2D eigenvalue weighted by Crippen LogP contribution is 2.32. The van der Waals surface area contributed by atoms with Crippen LogP contribution in [0.3, 0.4) is 0 Å². The molecule has 27 heavy (non-hydrogen) atoms. The highest BCUT2D eigenvalue weighted by atomic mass is 35.5. The first-order chi connectivity index (χ1) is 13.1. The number of imidazole rings is 1. The summed E-state index contributed by atoms with van der Waals surface area (Å²) in [5.41, 5.74) is 3.64. The molecule has 0 aliphatic carbocycles. The van der Waals surface area contributed by atoms with E-state index in [0.29, 0.717) is 26.6 Å². The van der Waals surface area contributed by atoms with Gasteiger partial charge in [-0.2, -0.15) is 0 Å². The fourth-order valence-corrected chi connectivity index (χ4v) is 4.50. The molecule has 0 unspecified atom stereocenters. The number of carbonyl (C=O) groups excluding carboxylic acids is 1. The quantitative estimate of drug-likeness (QED) is 0.414. The van der Waals surface area contributed by atoms with Crippen LogP contribution >= 0.6 is 22.9 Å². The Labute approximate surface area is 162 Å². The number of rotatable bonds is 2. The lowest BCUT2D eigenvalue weighted by Gasteiger charge is -1.96. The van der Waals surface area contributed by atoms with Crippen LogP contribution in [0.15, 0.2) is 53.3 Å². The van der Waals surface area contributed by atoms with Crippen LogP contribution in [-0.4, -0.2) is 20.2 Å².